The van der Waals surface area contributed by atoms with E-state index >= 15 is 0 Å². The van der Waals surface area contributed by atoms with Gasteiger partial charge in [0.2, 0.25) is 0 Å². The molecule has 0 unspecified atom stereocenters. The zero-order valence-electron chi connectivity index (χ0n) is 11.6. The van der Waals surface area contributed by atoms with Crippen molar-refractivity contribution >= 4 is 48.9 Å². The van der Waals surface area contributed by atoms with Crippen LogP contribution in [0.25, 0.3) is 10.1 Å². The summed E-state index contributed by atoms with van der Waals surface area (Å²) in [5.41, 5.74) is 8.16. The van der Waals surface area contributed by atoms with Crippen molar-refractivity contribution in [2.75, 3.05) is 12.3 Å². The molecule has 21 heavy (non-hydrogen) atoms. The van der Waals surface area contributed by atoms with E-state index in [4.69, 9.17) is 5.73 Å². The van der Waals surface area contributed by atoms with E-state index in [1.165, 1.54) is 36.2 Å². The molecule has 1 aliphatic carbocycles. The first-order chi connectivity index (χ1) is 10.1. The third-order valence-corrected chi connectivity index (χ3v) is 5.44. The number of fused-ring (bicyclic) bond motifs is 1. The first kappa shape index (κ1) is 14.6. The zero-order chi connectivity index (χ0) is 14.8. The van der Waals surface area contributed by atoms with Crippen LogP contribution in [0.15, 0.2) is 34.3 Å². The SMILES string of the molecule is Nc1c(C(=O)NCCC2=CCCC2)sc2ccc(Br)cc12. The maximum absolute atomic E-state index is 12.3. The molecule has 0 atom stereocenters. The minimum atomic E-state index is -0.0663. The quantitative estimate of drug-likeness (QED) is 0.785. The van der Waals surface area contributed by atoms with Gasteiger partial charge in [0.25, 0.3) is 5.91 Å². The molecule has 0 saturated carbocycles. The molecule has 0 saturated heterocycles. The van der Waals surface area contributed by atoms with Crippen molar-refractivity contribution in [2.45, 2.75) is 25.7 Å². The molecule has 1 aliphatic rings. The lowest BCUT2D eigenvalue weighted by molar-refractivity contribution is 0.0959. The van der Waals surface area contributed by atoms with Crippen LogP contribution in [0.4, 0.5) is 5.69 Å². The number of allylic oxidation sites excluding steroid dienone is 1. The molecule has 0 fully saturated rings. The molecule has 3 N–H and O–H groups in total. The third-order valence-electron chi connectivity index (χ3n) is 3.76. The molecule has 1 aromatic heterocycles. The fourth-order valence-electron chi connectivity index (χ4n) is 2.64. The number of benzene rings is 1. The molecule has 2 aromatic rings. The van der Waals surface area contributed by atoms with Crippen molar-refractivity contribution in [1.82, 2.24) is 5.32 Å². The highest BCUT2D eigenvalue weighted by Gasteiger charge is 2.16. The summed E-state index contributed by atoms with van der Waals surface area (Å²) in [7, 11) is 0. The molecular weight excluding hydrogens is 348 g/mol. The monoisotopic (exact) mass is 364 g/mol. The molecule has 1 heterocycles. The van der Waals surface area contributed by atoms with Crippen molar-refractivity contribution in [3.8, 4) is 0 Å². The number of halogens is 1. The maximum atomic E-state index is 12.3. The van der Waals surface area contributed by atoms with Crippen molar-refractivity contribution in [1.29, 1.82) is 0 Å². The topological polar surface area (TPSA) is 55.1 Å². The first-order valence-corrected chi connectivity index (χ1v) is 8.70. The zero-order valence-corrected chi connectivity index (χ0v) is 14.0. The molecule has 1 aromatic carbocycles. The van der Waals surface area contributed by atoms with Gasteiger partial charge < -0.3 is 11.1 Å². The molecule has 0 bridgehead atoms. The van der Waals surface area contributed by atoms with E-state index in [0.717, 1.165) is 21.0 Å². The van der Waals surface area contributed by atoms with E-state index in [1.54, 1.807) is 0 Å². The maximum Gasteiger partial charge on any atom is 0.263 e. The number of thiophene rings is 1. The number of amides is 1. The Morgan fingerprint density at radius 3 is 3.05 bits per heavy atom. The van der Waals surface area contributed by atoms with Crippen molar-refractivity contribution in [3.05, 3.63) is 39.2 Å². The Morgan fingerprint density at radius 2 is 2.29 bits per heavy atom. The lowest BCUT2D eigenvalue weighted by Gasteiger charge is -2.05. The Balaban J connectivity index is 1.70. The molecule has 5 heteroatoms. The molecular formula is C16H17BrN2OS. The van der Waals surface area contributed by atoms with Gasteiger partial charge in [-0.25, -0.2) is 0 Å². The van der Waals surface area contributed by atoms with E-state index in [9.17, 15) is 4.79 Å². The highest BCUT2D eigenvalue weighted by atomic mass is 79.9. The summed E-state index contributed by atoms with van der Waals surface area (Å²) in [6.07, 6.45) is 6.84. The lowest BCUT2D eigenvalue weighted by Crippen LogP contribution is -2.24. The normalized spacial score (nSPS) is 14.4. The Bertz CT molecular complexity index is 720. The van der Waals surface area contributed by atoms with Gasteiger partial charge in [0.1, 0.15) is 4.88 Å². The summed E-state index contributed by atoms with van der Waals surface area (Å²) in [5, 5.41) is 3.92. The molecule has 1 amide bonds. The smallest absolute Gasteiger partial charge is 0.263 e. The van der Waals surface area contributed by atoms with Crippen LogP contribution in [0.5, 0.6) is 0 Å². The van der Waals surface area contributed by atoms with Crippen LogP contribution in [0.1, 0.15) is 35.4 Å². The highest BCUT2D eigenvalue weighted by molar-refractivity contribution is 9.10. The molecule has 0 radical (unpaired) electrons. The molecule has 0 spiro atoms. The van der Waals surface area contributed by atoms with Gasteiger partial charge in [0, 0.05) is 21.1 Å². The Morgan fingerprint density at radius 1 is 1.43 bits per heavy atom. The molecule has 110 valence electrons. The second kappa shape index (κ2) is 6.20. The lowest BCUT2D eigenvalue weighted by atomic mass is 10.1. The standard InChI is InChI=1S/C16H17BrN2OS/c17-11-5-6-13-12(9-11)14(18)15(21-13)16(20)19-8-7-10-3-1-2-4-10/h3,5-6,9H,1-2,4,7-8,18H2,(H,19,20). The van der Waals surface area contributed by atoms with Crippen LogP contribution in [0.3, 0.4) is 0 Å². The summed E-state index contributed by atoms with van der Waals surface area (Å²) >= 11 is 4.89. The molecule has 3 nitrogen and oxygen atoms in total. The van der Waals surface area contributed by atoms with Gasteiger partial charge in [-0.15, -0.1) is 11.3 Å². The highest BCUT2D eigenvalue weighted by Crippen LogP contribution is 2.35. The Hall–Kier alpha value is -1.33. The van der Waals surface area contributed by atoms with E-state index in [-0.39, 0.29) is 5.91 Å². The summed E-state index contributed by atoms with van der Waals surface area (Å²) in [4.78, 5) is 12.9. The van der Waals surface area contributed by atoms with Crippen LogP contribution in [-0.4, -0.2) is 12.5 Å². The predicted molar refractivity (Wildman–Crippen MR) is 92.8 cm³/mol. The minimum absolute atomic E-state index is 0.0663. The number of anilines is 1. The minimum Gasteiger partial charge on any atom is -0.397 e. The van der Waals surface area contributed by atoms with E-state index in [1.807, 2.05) is 18.2 Å². The van der Waals surface area contributed by atoms with Gasteiger partial charge in [-0.2, -0.15) is 0 Å². The number of nitrogens with one attached hydrogen (secondary N) is 1. The van der Waals surface area contributed by atoms with E-state index in [2.05, 4.69) is 27.3 Å². The summed E-state index contributed by atoms with van der Waals surface area (Å²) < 4.78 is 2.01. The van der Waals surface area contributed by atoms with Crippen LogP contribution in [-0.2, 0) is 0 Å². The predicted octanol–water partition coefficient (Wildman–Crippen LogP) is 4.48. The summed E-state index contributed by atoms with van der Waals surface area (Å²) in [6, 6.07) is 5.91. The number of hydrogen-bond donors (Lipinski definition) is 2. The Kier molecular flexibility index (Phi) is 4.31. The van der Waals surface area contributed by atoms with E-state index in [0.29, 0.717) is 17.1 Å². The van der Waals surface area contributed by atoms with Crippen LogP contribution < -0.4 is 11.1 Å². The largest absolute Gasteiger partial charge is 0.397 e. The van der Waals surface area contributed by atoms with Gasteiger partial charge in [0.15, 0.2) is 0 Å². The Labute approximate surface area is 136 Å². The molecule has 3 rings (SSSR count). The van der Waals surface area contributed by atoms with Crippen LogP contribution in [0, 0.1) is 0 Å². The van der Waals surface area contributed by atoms with Crippen LogP contribution in [0.2, 0.25) is 0 Å². The van der Waals surface area contributed by atoms with Gasteiger partial charge in [-0.05, 0) is 43.9 Å². The fraction of sp³-hybridized carbons (Fsp3) is 0.312. The van der Waals surface area contributed by atoms with Gasteiger partial charge >= 0.3 is 0 Å². The second-order valence-electron chi connectivity index (χ2n) is 5.25. The van der Waals surface area contributed by atoms with Crippen LogP contribution >= 0.6 is 27.3 Å². The van der Waals surface area contributed by atoms with Crippen molar-refractivity contribution < 1.29 is 4.79 Å². The van der Waals surface area contributed by atoms with Gasteiger partial charge in [-0.3, -0.25) is 4.79 Å². The number of hydrogen-bond acceptors (Lipinski definition) is 3. The number of nitrogens with two attached hydrogens (primary N) is 1. The second-order valence-corrected chi connectivity index (χ2v) is 7.21. The summed E-state index contributed by atoms with van der Waals surface area (Å²) in [6.45, 7) is 0.683. The van der Waals surface area contributed by atoms with Crippen molar-refractivity contribution in [3.63, 3.8) is 0 Å². The fourth-order valence-corrected chi connectivity index (χ4v) is 4.02. The van der Waals surface area contributed by atoms with Crippen molar-refractivity contribution in [2.24, 2.45) is 0 Å². The number of carbonyl (C=O) groups is 1. The number of rotatable bonds is 4. The average molecular weight is 365 g/mol. The summed E-state index contributed by atoms with van der Waals surface area (Å²) in [5.74, 6) is -0.0663. The number of carbonyl (C=O) groups excluding carboxylic acids is 1. The van der Waals surface area contributed by atoms with Gasteiger partial charge in [0.05, 0.1) is 5.69 Å². The first-order valence-electron chi connectivity index (χ1n) is 7.09. The molecule has 0 aliphatic heterocycles. The average Bonchev–Trinajstić information content (AvgIpc) is 3.08. The van der Waals surface area contributed by atoms with E-state index < -0.39 is 0 Å². The third kappa shape index (κ3) is 3.14. The number of nitrogen functional groups attached to an aromatic ring is 1. The van der Waals surface area contributed by atoms with Gasteiger partial charge in [-0.1, -0.05) is 27.6 Å².